The third kappa shape index (κ3) is 2.45. The Balaban J connectivity index is 1.99. The van der Waals surface area contributed by atoms with E-state index >= 15 is 0 Å². The summed E-state index contributed by atoms with van der Waals surface area (Å²) in [5.74, 6) is 0.907. The Kier molecular flexibility index (Phi) is 3.30. The zero-order chi connectivity index (χ0) is 13.9. The molecule has 2 N–H and O–H groups in total. The molecule has 0 aliphatic heterocycles. The van der Waals surface area contributed by atoms with Gasteiger partial charge in [-0.15, -0.1) is 0 Å². The summed E-state index contributed by atoms with van der Waals surface area (Å²) < 4.78 is 5.47. The Labute approximate surface area is 118 Å². The highest BCUT2D eigenvalue weighted by molar-refractivity contribution is 5.89. The molecule has 100 valence electrons. The van der Waals surface area contributed by atoms with Gasteiger partial charge in [-0.2, -0.15) is 0 Å². The molecule has 0 fully saturated rings. The summed E-state index contributed by atoms with van der Waals surface area (Å²) in [4.78, 5) is 0. The fourth-order valence-electron chi connectivity index (χ4n) is 2.35. The molecule has 0 bridgehead atoms. The number of fused-ring (bicyclic) bond motifs is 1. The predicted molar refractivity (Wildman–Crippen MR) is 85.0 cm³/mol. The molecule has 0 aliphatic rings. The number of nitrogens with two attached hydrogens (primary N) is 1. The molecule has 0 saturated heterocycles. The van der Waals surface area contributed by atoms with Crippen LogP contribution in [0.25, 0.3) is 21.9 Å². The van der Waals surface area contributed by atoms with Crippen LogP contribution in [0.3, 0.4) is 0 Å². The largest absolute Gasteiger partial charge is 0.494 e. The smallest absolute Gasteiger partial charge is 0.119 e. The maximum atomic E-state index is 5.80. The Bertz CT molecular complexity index is 732. The molecule has 2 nitrogen and oxygen atoms in total. The topological polar surface area (TPSA) is 35.2 Å². The minimum atomic E-state index is 0.691. The lowest BCUT2D eigenvalue weighted by Crippen LogP contribution is -1.90. The van der Waals surface area contributed by atoms with E-state index in [4.69, 9.17) is 10.5 Å². The molecule has 3 aromatic rings. The lowest BCUT2D eigenvalue weighted by Gasteiger charge is -2.07. The fraction of sp³-hybridized carbons (Fsp3) is 0.111. The van der Waals surface area contributed by atoms with E-state index in [0.29, 0.717) is 6.61 Å². The average molecular weight is 263 g/mol. The van der Waals surface area contributed by atoms with Crippen LogP contribution >= 0.6 is 0 Å². The molecule has 0 saturated carbocycles. The number of ether oxygens (including phenoxy) is 1. The van der Waals surface area contributed by atoms with Gasteiger partial charge in [-0.25, -0.2) is 0 Å². The molecule has 0 atom stereocenters. The van der Waals surface area contributed by atoms with E-state index in [-0.39, 0.29) is 0 Å². The number of nitrogen functional groups attached to an aromatic ring is 1. The Hall–Kier alpha value is -2.48. The average Bonchev–Trinajstić information content (AvgIpc) is 2.48. The molecule has 0 radical (unpaired) electrons. The van der Waals surface area contributed by atoms with Crippen molar-refractivity contribution >= 4 is 16.5 Å². The first kappa shape index (κ1) is 12.5. The lowest BCUT2D eigenvalue weighted by molar-refractivity contribution is 0.340. The van der Waals surface area contributed by atoms with Crippen LogP contribution in [0.1, 0.15) is 6.92 Å². The van der Waals surface area contributed by atoms with Gasteiger partial charge in [-0.05, 0) is 59.2 Å². The second-order valence-electron chi connectivity index (χ2n) is 4.78. The molecule has 0 amide bonds. The molecule has 2 heteroatoms. The van der Waals surface area contributed by atoms with Crippen molar-refractivity contribution in [3.05, 3.63) is 60.7 Å². The lowest BCUT2D eigenvalue weighted by atomic mass is 10.0. The Morgan fingerprint density at radius 1 is 0.800 bits per heavy atom. The van der Waals surface area contributed by atoms with Crippen molar-refractivity contribution in [3.8, 4) is 16.9 Å². The van der Waals surface area contributed by atoms with Crippen LogP contribution in [0.4, 0.5) is 5.69 Å². The number of benzene rings is 3. The van der Waals surface area contributed by atoms with Crippen LogP contribution < -0.4 is 10.5 Å². The van der Waals surface area contributed by atoms with E-state index in [0.717, 1.165) is 11.4 Å². The van der Waals surface area contributed by atoms with Crippen molar-refractivity contribution < 1.29 is 4.74 Å². The quantitative estimate of drug-likeness (QED) is 0.707. The first-order valence-corrected chi connectivity index (χ1v) is 6.79. The molecule has 20 heavy (non-hydrogen) atoms. The second-order valence-corrected chi connectivity index (χ2v) is 4.78. The maximum Gasteiger partial charge on any atom is 0.119 e. The normalized spacial score (nSPS) is 10.7. The highest BCUT2D eigenvalue weighted by Gasteiger charge is 2.01. The summed E-state index contributed by atoms with van der Waals surface area (Å²) in [7, 11) is 0. The monoisotopic (exact) mass is 263 g/mol. The van der Waals surface area contributed by atoms with Gasteiger partial charge in [-0.3, -0.25) is 0 Å². The zero-order valence-electron chi connectivity index (χ0n) is 11.5. The minimum absolute atomic E-state index is 0.691. The summed E-state index contributed by atoms with van der Waals surface area (Å²) in [5.41, 5.74) is 8.99. The van der Waals surface area contributed by atoms with E-state index in [1.165, 1.54) is 21.9 Å². The van der Waals surface area contributed by atoms with Crippen molar-refractivity contribution in [2.45, 2.75) is 6.92 Å². The van der Waals surface area contributed by atoms with Gasteiger partial charge in [0.2, 0.25) is 0 Å². The summed E-state index contributed by atoms with van der Waals surface area (Å²) in [6.07, 6.45) is 0. The number of anilines is 1. The van der Waals surface area contributed by atoms with Crippen LogP contribution in [-0.4, -0.2) is 6.61 Å². The standard InChI is InChI=1S/C18H17NO/c1-2-20-18-9-6-13(7-10-18)14-3-4-16-12-17(19)8-5-15(16)11-14/h3-12H,2,19H2,1H3. The van der Waals surface area contributed by atoms with Crippen LogP contribution in [0.5, 0.6) is 5.75 Å². The summed E-state index contributed by atoms with van der Waals surface area (Å²) >= 11 is 0. The number of hydrogen-bond donors (Lipinski definition) is 1. The third-order valence-electron chi connectivity index (χ3n) is 3.36. The SMILES string of the molecule is CCOc1ccc(-c2ccc3cc(N)ccc3c2)cc1. The summed E-state index contributed by atoms with van der Waals surface area (Å²) in [5, 5.41) is 2.37. The fourth-order valence-corrected chi connectivity index (χ4v) is 2.35. The highest BCUT2D eigenvalue weighted by atomic mass is 16.5. The van der Waals surface area contributed by atoms with Gasteiger partial charge in [0.25, 0.3) is 0 Å². The van der Waals surface area contributed by atoms with E-state index in [1.54, 1.807) is 0 Å². The van der Waals surface area contributed by atoms with Crippen LogP contribution in [0.15, 0.2) is 60.7 Å². The number of hydrogen-bond acceptors (Lipinski definition) is 2. The van der Waals surface area contributed by atoms with Crippen molar-refractivity contribution in [3.63, 3.8) is 0 Å². The molecular weight excluding hydrogens is 246 g/mol. The van der Waals surface area contributed by atoms with E-state index in [2.05, 4.69) is 36.4 Å². The summed E-state index contributed by atoms with van der Waals surface area (Å²) in [6, 6.07) is 20.6. The van der Waals surface area contributed by atoms with Gasteiger partial charge in [0.15, 0.2) is 0 Å². The molecular formula is C18H17NO. The molecule has 0 spiro atoms. The molecule has 3 aromatic carbocycles. The van der Waals surface area contributed by atoms with Crippen molar-refractivity contribution in [1.82, 2.24) is 0 Å². The molecule has 0 unspecified atom stereocenters. The van der Waals surface area contributed by atoms with E-state index < -0.39 is 0 Å². The van der Waals surface area contributed by atoms with Gasteiger partial charge in [0.05, 0.1) is 6.61 Å². The van der Waals surface area contributed by atoms with Crippen LogP contribution in [0.2, 0.25) is 0 Å². The number of rotatable bonds is 3. The van der Waals surface area contributed by atoms with Gasteiger partial charge >= 0.3 is 0 Å². The Morgan fingerprint density at radius 2 is 1.45 bits per heavy atom. The first-order chi connectivity index (χ1) is 9.76. The summed E-state index contributed by atoms with van der Waals surface area (Å²) in [6.45, 7) is 2.68. The van der Waals surface area contributed by atoms with E-state index in [9.17, 15) is 0 Å². The first-order valence-electron chi connectivity index (χ1n) is 6.79. The predicted octanol–water partition coefficient (Wildman–Crippen LogP) is 4.49. The highest BCUT2D eigenvalue weighted by Crippen LogP contribution is 2.27. The van der Waals surface area contributed by atoms with Gasteiger partial charge in [-0.1, -0.05) is 30.3 Å². The zero-order valence-corrected chi connectivity index (χ0v) is 11.5. The van der Waals surface area contributed by atoms with E-state index in [1.807, 2.05) is 31.2 Å². The van der Waals surface area contributed by atoms with Gasteiger partial charge in [0.1, 0.15) is 5.75 Å². The van der Waals surface area contributed by atoms with Gasteiger partial charge in [0, 0.05) is 5.69 Å². The molecule has 0 heterocycles. The minimum Gasteiger partial charge on any atom is -0.494 e. The van der Waals surface area contributed by atoms with Crippen LogP contribution in [0, 0.1) is 0 Å². The third-order valence-corrected chi connectivity index (χ3v) is 3.36. The van der Waals surface area contributed by atoms with Crippen LogP contribution in [-0.2, 0) is 0 Å². The molecule has 3 rings (SSSR count). The van der Waals surface area contributed by atoms with Gasteiger partial charge < -0.3 is 10.5 Å². The van der Waals surface area contributed by atoms with Crippen molar-refractivity contribution in [1.29, 1.82) is 0 Å². The molecule has 0 aliphatic carbocycles. The molecule has 0 aromatic heterocycles. The Morgan fingerprint density at radius 3 is 2.20 bits per heavy atom. The van der Waals surface area contributed by atoms with Crippen molar-refractivity contribution in [2.24, 2.45) is 0 Å². The van der Waals surface area contributed by atoms with Crippen molar-refractivity contribution in [2.75, 3.05) is 12.3 Å². The second kappa shape index (κ2) is 5.25. The maximum absolute atomic E-state index is 5.80.